The normalized spacial score (nSPS) is 12.9. The van der Waals surface area contributed by atoms with Crippen molar-refractivity contribution in [2.75, 3.05) is 11.9 Å². The number of para-hydroxylation sites is 1. The molecule has 0 aliphatic carbocycles. The van der Waals surface area contributed by atoms with Crippen molar-refractivity contribution in [1.82, 2.24) is 10.2 Å². The maximum atomic E-state index is 14.3. The lowest BCUT2D eigenvalue weighted by molar-refractivity contribution is -0.141. The quantitative estimate of drug-likeness (QED) is 0.225. The zero-order valence-electron chi connectivity index (χ0n) is 26.0. The van der Waals surface area contributed by atoms with Crippen LogP contribution in [0.3, 0.4) is 0 Å². The van der Waals surface area contributed by atoms with Gasteiger partial charge in [-0.25, -0.2) is 4.79 Å². The standard InChI is InChI=1S/C33H49N3O5/c1-9-10-11-12-19-36(31(39)27(20-22(2)3)34-32(40)41-33(6,7)8)29(25-17-14-18-26(37)21-25)30(38)35-28-23(4)15-13-16-24(28)5/h13-18,21-22,27,29,37H,9-12,19-20H2,1-8H3,(H,34,40)(H,35,38). The average molecular weight is 568 g/mol. The van der Waals surface area contributed by atoms with E-state index in [9.17, 15) is 19.5 Å². The van der Waals surface area contributed by atoms with Crippen molar-refractivity contribution in [2.24, 2.45) is 5.92 Å². The van der Waals surface area contributed by atoms with Crippen molar-refractivity contribution >= 4 is 23.6 Å². The molecule has 0 heterocycles. The van der Waals surface area contributed by atoms with Gasteiger partial charge in [-0.15, -0.1) is 0 Å². The van der Waals surface area contributed by atoms with Crippen LogP contribution in [-0.4, -0.2) is 46.1 Å². The molecule has 41 heavy (non-hydrogen) atoms. The van der Waals surface area contributed by atoms with E-state index in [4.69, 9.17) is 4.74 Å². The zero-order valence-corrected chi connectivity index (χ0v) is 26.0. The number of carbonyl (C=O) groups is 3. The van der Waals surface area contributed by atoms with Gasteiger partial charge in [0.05, 0.1) is 0 Å². The molecule has 0 bridgehead atoms. The second kappa shape index (κ2) is 15.5. The van der Waals surface area contributed by atoms with Crippen LogP contribution in [0.15, 0.2) is 42.5 Å². The Morgan fingerprint density at radius 1 is 0.976 bits per heavy atom. The summed E-state index contributed by atoms with van der Waals surface area (Å²) in [5, 5.41) is 16.2. The number of phenolic OH excluding ortho intramolecular Hbond substituents is 1. The van der Waals surface area contributed by atoms with E-state index < -0.39 is 29.7 Å². The molecule has 0 saturated heterocycles. The summed E-state index contributed by atoms with van der Waals surface area (Å²) in [4.78, 5) is 42.8. The Morgan fingerprint density at radius 3 is 2.17 bits per heavy atom. The Labute approximate surface area is 245 Å². The number of benzene rings is 2. The number of hydrogen-bond donors (Lipinski definition) is 3. The highest BCUT2D eigenvalue weighted by Crippen LogP contribution is 2.29. The van der Waals surface area contributed by atoms with E-state index in [1.165, 1.54) is 12.1 Å². The summed E-state index contributed by atoms with van der Waals surface area (Å²) < 4.78 is 5.47. The Hall–Kier alpha value is -3.55. The van der Waals surface area contributed by atoms with Crippen LogP contribution in [0, 0.1) is 19.8 Å². The summed E-state index contributed by atoms with van der Waals surface area (Å²) in [6.45, 7) is 15.5. The van der Waals surface area contributed by atoms with E-state index >= 15 is 0 Å². The summed E-state index contributed by atoms with van der Waals surface area (Å²) in [5.74, 6) is -0.677. The predicted molar refractivity (Wildman–Crippen MR) is 164 cm³/mol. The summed E-state index contributed by atoms with van der Waals surface area (Å²) in [6, 6.07) is 10.3. The smallest absolute Gasteiger partial charge is 0.408 e. The molecule has 2 aromatic rings. The second-order valence-electron chi connectivity index (χ2n) is 12.2. The van der Waals surface area contributed by atoms with E-state index in [0.717, 1.165) is 30.4 Å². The third kappa shape index (κ3) is 10.7. The van der Waals surface area contributed by atoms with Crippen molar-refractivity contribution in [3.63, 3.8) is 0 Å². The van der Waals surface area contributed by atoms with Gasteiger partial charge in [0.2, 0.25) is 5.91 Å². The van der Waals surface area contributed by atoms with Crippen molar-refractivity contribution in [3.8, 4) is 5.75 Å². The Kier molecular flexibility index (Phi) is 12.7. The lowest BCUT2D eigenvalue weighted by atomic mass is 9.98. The van der Waals surface area contributed by atoms with Crippen LogP contribution in [0.1, 0.15) is 96.4 Å². The second-order valence-corrected chi connectivity index (χ2v) is 12.2. The van der Waals surface area contributed by atoms with Gasteiger partial charge in [-0.05, 0) is 82.2 Å². The number of nitrogens with one attached hydrogen (secondary N) is 2. The van der Waals surface area contributed by atoms with E-state index in [1.807, 2.05) is 45.9 Å². The summed E-state index contributed by atoms with van der Waals surface area (Å²) in [6.07, 6.45) is 3.28. The Bertz CT molecular complexity index is 1150. The topological polar surface area (TPSA) is 108 Å². The Balaban J connectivity index is 2.58. The first kappa shape index (κ1) is 33.7. The van der Waals surface area contributed by atoms with Gasteiger partial charge in [0.15, 0.2) is 0 Å². The van der Waals surface area contributed by atoms with Crippen LogP contribution in [0.25, 0.3) is 0 Å². The first-order valence-corrected chi connectivity index (χ1v) is 14.7. The molecule has 8 heteroatoms. The number of carbonyl (C=O) groups excluding carboxylic acids is 3. The van der Waals surface area contributed by atoms with Gasteiger partial charge in [-0.2, -0.15) is 0 Å². The van der Waals surface area contributed by atoms with Crippen LogP contribution in [-0.2, 0) is 14.3 Å². The molecule has 2 atom stereocenters. The number of alkyl carbamates (subject to hydrolysis) is 1. The van der Waals surface area contributed by atoms with Crippen LogP contribution < -0.4 is 10.6 Å². The maximum Gasteiger partial charge on any atom is 0.408 e. The lowest BCUT2D eigenvalue weighted by Crippen LogP contribution is -2.53. The number of amides is 3. The highest BCUT2D eigenvalue weighted by Gasteiger charge is 2.36. The molecule has 0 radical (unpaired) electrons. The zero-order chi connectivity index (χ0) is 30.7. The molecular weight excluding hydrogens is 518 g/mol. The third-order valence-electron chi connectivity index (χ3n) is 6.71. The average Bonchev–Trinajstić information content (AvgIpc) is 2.86. The van der Waals surface area contributed by atoms with Crippen molar-refractivity contribution in [1.29, 1.82) is 0 Å². The van der Waals surface area contributed by atoms with Crippen molar-refractivity contribution in [3.05, 3.63) is 59.2 Å². The molecule has 0 fully saturated rings. The van der Waals surface area contributed by atoms with Crippen LogP contribution in [0.5, 0.6) is 5.75 Å². The van der Waals surface area contributed by atoms with Gasteiger partial charge in [-0.3, -0.25) is 9.59 Å². The highest BCUT2D eigenvalue weighted by atomic mass is 16.6. The fraction of sp³-hybridized carbons (Fsp3) is 0.545. The molecule has 0 aromatic heterocycles. The number of ether oxygens (including phenoxy) is 1. The molecule has 2 aromatic carbocycles. The van der Waals surface area contributed by atoms with Crippen LogP contribution in [0.2, 0.25) is 0 Å². The molecule has 2 rings (SSSR count). The molecular formula is C33H49N3O5. The number of phenols is 1. The highest BCUT2D eigenvalue weighted by molar-refractivity contribution is 6.00. The minimum Gasteiger partial charge on any atom is -0.508 e. The SMILES string of the molecule is CCCCCCN(C(=O)C(CC(C)C)NC(=O)OC(C)(C)C)C(C(=O)Nc1c(C)cccc1C)c1cccc(O)c1. The summed E-state index contributed by atoms with van der Waals surface area (Å²) >= 11 is 0. The van der Waals surface area contributed by atoms with Gasteiger partial charge in [0, 0.05) is 12.2 Å². The third-order valence-corrected chi connectivity index (χ3v) is 6.71. The first-order chi connectivity index (χ1) is 19.2. The van der Waals surface area contributed by atoms with E-state index in [1.54, 1.807) is 37.8 Å². The summed E-state index contributed by atoms with van der Waals surface area (Å²) in [5.41, 5.74) is 2.24. The fourth-order valence-electron chi connectivity index (χ4n) is 4.79. The van der Waals surface area contributed by atoms with Gasteiger partial charge in [-0.1, -0.05) is 70.4 Å². The number of rotatable bonds is 13. The van der Waals surface area contributed by atoms with Gasteiger partial charge in [0.25, 0.3) is 5.91 Å². The van der Waals surface area contributed by atoms with Gasteiger partial charge < -0.3 is 25.4 Å². The summed E-state index contributed by atoms with van der Waals surface area (Å²) in [7, 11) is 0. The first-order valence-electron chi connectivity index (χ1n) is 14.7. The number of unbranched alkanes of at least 4 members (excludes halogenated alkanes) is 3. The molecule has 226 valence electrons. The minimum absolute atomic E-state index is 0.00337. The number of nitrogens with zero attached hydrogens (tertiary/aromatic N) is 1. The number of hydrogen-bond acceptors (Lipinski definition) is 5. The number of aromatic hydroxyl groups is 1. The maximum absolute atomic E-state index is 14.3. The monoisotopic (exact) mass is 567 g/mol. The van der Waals surface area contributed by atoms with E-state index in [-0.39, 0.29) is 17.6 Å². The largest absolute Gasteiger partial charge is 0.508 e. The molecule has 0 aliphatic rings. The molecule has 3 amide bonds. The number of anilines is 1. The van der Waals surface area contributed by atoms with E-state index in [0.29, 0.717) is 30.6 Å². The minimum atomic E-state index is -1.04. The van der Waals surface area contributed by atoms with Gasteiger partial charge >= 0.3 is 6.09 Å². The molecule has 0 aliphatic heterocycles. The van der Waals surface area contributed by atoms with Gasteiger partial charge in [0.1, 0.15) is 23.4 Å². The molecule has 0 saturated carbocycles. The molecule has 3 N–H and O–H groups in total. The van der Waals surface area contributed by atoms with Crippen LogP contribution >= 0.6 is 0 Å². The molecule has 0 spiro atoms. The Morgan fingerprint density at radius 2 is 1.61 bits per heavy atom. The molecule has 2 unspecified atom stereocenters. The predicted octanol–water partition coefficient (Wildman–Crippen LogP) is 7.04. The van der Waals surface area contributed by atoms with Crippen LogP contribution in [0.4, 0.5) is 10.5 Å². The van der Waals surface area contributed by atoms with E-state index in [2.05, 4.69) is 17.6 Å². The lowest BCUT2D eigenvalue weighted by Gasteiger charge is -2.35. The number of aryl methyl sites for hydroxylation is 2. The fourth-order valence-corrected chi connectivity index (χ4v) is 4.79. The molecule has 8 nitrogen and oxygen atoms in total. The van der Waals surface area contributed by atoms with Crippen molar-refractivity contribution in [2.45, 2.75) is 105 Å². The van der Waals surface area contributed by atoms with Crippen molar-refractivity contribution < 1.29 is 24.2 Å².